The van der Waals surface area contributed by atoms with Crippen LogP contribution in [0, 0.1) is 0 Å². The van der Waals surface area contributed by atoms with Crippen LogP contribution in [0.3, 0.4) is 0 Å². The van der Waals surface area contributed by atoms with Crippen LogP contribution >= 0.6 is 0 Å². The highest BCUT2D eigenvalue weighted by Gasteiger charge is 1.96. The van der Waals surface area contributed by atoms with Crippen LogP contribution < -0.4 is 11.9 Å². The fraction of sp³-hybridized carbons (Fsp3) is 0.933. The third-order valence-corrected chi connectivity index (χ3v) is 2.87. The first-order valence-electron chi connectivity index (χ1n) is 7.71. The molecule has 0 atom stereocenters. The molecule has 0 rings (SSSR count). The first kappa shape index (κ1) is 24.4. The molecule has 0 bridgehead atoms. The average molecular weight is 292 g/mol. The van der Waals surface area contributed by atoms with E-state index in [-0.39, 0.29) is 12.8 Å². The second-order valence-corrected chi connectivity index (χ2v) is 4.84. The van der Waals surface area contributed by atoms with Crippen molar-refractivity contribution in [3.8, 4) is 0 Å². The maximum absolute atomic E-state index is 10.2. The third kappa shape index (κ3) is 30.4. The molecule has 0 aromatic heterocycles. The lowest BCUT2D eigenvalue weighted by atomic mass is 10.1. The number of aliphatic hydroxyl groups excluding tert-OH is 1. The summed E-state index contributed by atoms with van der Waals surface area (Å²) in [7, 11) is 0. The molecule has 0 fully saturated rings. The number of unbranched alkanes of at least 4 members (excludes halogenated alkanes) is 9. The van der Waals surface area contributed by atoms with Crippen LogP contribution in [-0.4, -0.2) is 29.3 Å². The molecule has 0 spiro atoms. The molecule has 20 heavy (non-hydrogen) atoms. The normalized spacial score (nSPS) is 9.35. The van der Waals surface area contributed by atoms with Crippen LogP contribution in [0.5, 0.6) is 0 Å². The van der Waals surface area contributed by atoms with Crippen molar-refractivity contribution >= 4 is 5.97 Å². The highest BCUT2D eigenvalue weighted by molar-refractivity contribution is 5.66. The lowest BCUT2D eigenvalue weighted by Gasteiger charge is -2.01. The monoisotopic (exact) mass is 292 g/mol. The minimum absolute atomic E-state index is 0. The molecule has 0 saturated carbocycles. The van der Waals surface area contributed by atoms with Crippen LogP contribution in [0.1, 0.15) is 77.6 Å². The van der Waals surface area contributed by atoms with Gasteiger partial charge in [0.05, 0.1) is 6.61 Å². The highest BCUT2D eigenvalue weighted by Crippen LogP contribution is 2.10. The standard InChI is InChI=1S/C13H26O2.C2H7NO.H3N/c1-2-3-4-5-6-7-8-9-10-11-12-13(14)15;3-1-2-4;/h2-12H2,1H3,(H,14,15);4H,1-3H2;1H3. The summed E-state index contributed by atoms with van der Waals surface area (Å²) in [6, 6.07) is 0. The van der Waals surface area contributed by atoms with Crippen molar-refractivity contribution in [2.45, 2.75) is 77.6 Å². The maximum Gasteiger partial charge on any atom is 0.303 e. The maximum atomic E-state index is 10.2. The number of nitrogens with two attached hydrogens (primary N) is 1. The van der Waals surface area contributed by atoms with Crippen LogP contribution in [0.4, 0.5) is 0 Å². The van der Waals surface area contributed by atoms with E-state index in [1.54, 1.807) is 0 Å². The minimum atomic E-state index is -0.658. The van der Waals surface area contributed by atoms with Gasteiger partial charge in [0.2, 0.25) is 0 Å². The Morgan fingerprint density at radius 3 is 1.55 bits per heavy atom. The van der Waals surface area contributed by atoms with Gasteiger partial charge in [0.25, 0.3) is 0 Å². The Balaban J connectivity index is -0.000000508. The summed E-state index contributed by atoms with van der Waals surface area (Å²) < 4.78 is 0. The molecule has 0 amide bonds. The van der Waals surface area contributed by atoms with Gasteiger partial charge in [0, 0.05) is 13.0 Å². The van der Waals surface area contributed by atoms with Crippen molar-refractivity contribution in [1.82, 2.24) is 6.15 Å². The summed E-state index contributed by atoms with van der Waals surface area (Å²) in [5.41, 5.74) is 4.78. The molecule has 0 unspecified atom stereocenters. The van der Waals surface area contributed by atoms with Crippen LogP contribution in [0.2, 0.25) is 0 Å². The molecule has 0 radical (unpaired) electrons. The zero-order valence-electron chi connectivity index (χ0n) is 13.3. The Kier molecular flexibility index (Phi) is 28.6. The number of carbonyl (C=O) groups is 1. The average Bonchev–Trinajstić information content (AvgIpc) is 2.41. The largest absolute Gasteiger partial charge is 0.481 e. The van der Waals surface area contributed by atoms with E-state index in [0.29, 0.717) is 13.0 Å². The van der Waals surface area contributed by atoms with Crippen molar-refractivity contribution in [2.75, 3.05) is 13.2 Å². The number of hydrogen-bond donors (Lipinski definition) is 4. The van der Waals surface area contributed by atoms with Gasteiger partial charge >= 0.3 is 5.97 Å². The first-order chi connectivity index (χ1) is 9.18. The predicted molar refractivity (Wildman–Crippen MR) is 85.3 cm³/mol. The van der Waals surface area contributed by atoms with Gasteiger partial charge in [0.1, 0.15) is 0 Å². The molecule has 124 valence electrons. The van der Waals surface area contributed by atoms with Gasteiger partial charge in [-0.25, -0.2) is 0 Å². The fourth-order valence-corrected chi connectivity index (χ4v) is 1.76. The highest BCUT2D eigenvalue weighted by atomic mass is 16.4. The summed E-state index contributed by atoms with van der Waals surface area (Å²) >= 11 is 0. The van der Waals surface area contributed by atoms with E-state index in [1.165, 1.54) is 51.4 Å². The molecule has 5 nitrogen and oxygen atoms in total. The van der Waals surface area contributed by atoms with Crippen LogP contribution in [0.15, 0.2) is 0 Å². The summed E-state index contributed by atoms with van der Waals surface area (Å²) in [5.74, 6) is -0.658. The van der Waals surface area contributed by atoms with Crippen molar-refractivity contribution < 1.29 is 15.0 Å². The smallest absolute Gasteiger partial charge is 0.303 e. The zero-order chi connectivity index (χ0) is 14.8. The summed E-state index contributed by atoms with van der Waals surface area (Å²) in [4.78, 5) is 10.2. The van der Waals surface area contributed by atoms with Gasteiger partial charge in [-0.05, 0) is 6.42 Å². The van der Waals surface area contributed by atoms with E-state index >= 15 is 0 Å². The Bertz CT molecular complexity index is 177. The number of aliphatic carboxylic acids is 1. The SMILES string of the molecule is CCCCCCCCCCCCC(=O)O.N.NCCO. The summed E-state index contributed by atoms with van der Waals surface area (Å²) in [6.45, 7) is 2.71. The van der Waals surface area contributed by atoms with Gasteiger partial charge in [-0.1, -0.05) is 64.7 Å². The molecular formula is C15H36N2O3. The molecule has 0 saturated heterocycles. The van der Waals surface area contributed by atoms with Gasteiger partial charge in [-0.2, -0.15) is 0 Å². The number of rotatable bonds is 12. The van der Waals surface area contributed by atoms with E-state index in [2.05, 4.69) is 6.92 Å². The van der Waals surface area contributed by atoms with E-state index < -0.39 is 5.97 Å². The van der Waals surface area contributed by atoms with Crippen LogP contribution in [-0.2, 0) is 4.79 Å². The van der Waals surface area contributed by atoms with Crippen molar-refractivity contribution in [3.63, 3.8) is 0 Å². The van der Waals surface area contributed by atoms with Crippen molar-refractivity contribution in [2.24, 2.45) is 5.73 Å². The molecule has 7 N–H and O–H groups in total. The molecule has 0 aromatic carbocycles. The number of aliphatic hydroxyl groups is 1. The summed E-state index contributed by atoms with van der Waals surface area (Å²) in [6.07, 6.45) is 12.9. The molecule has 0 aromatic rings. The summed E-state index contributed by atoms with van der Waals surface area (Å²) in [5, 5.41) is 16.2. The minimum Gasteiger partial charge on any atom is -0.481 e. The molecule has 0 aliphatic heterocycles. The van der Waals surface area contributed by atoms with Gasteiger partial charge in [-0.3, -0.25) is 4.79 Å². The van der Waals surface area contributed by atoms with E-state index in [9.17, 15) is 4.79 Å². The van der Waals surface area contributed by atoms with Gasteiger partial charge < -0.3 is 22.1 Å². The lowest BCUT2D eigenvalue weighted by Crippen LogP contribution is -2.02. The van der Waals surface area contributed by atoms with E-state index in [1.807, 2.05) is 0 Å². The number of carboxylic acid groups (broad SMARTS) is 1. The molecule has 5 heteroatoms. The molecule has 0 aliphatic rings. The quantitative estimate of drug-likeness (QED) is 0.411. The molecule has 0 aliphatic carbocycles. The zero-order valence-corrected chi connectivity index (χ0v) is 13.3. The van der Waals surface area contributed by atoms with Crippen molar-refractivity contribution in [1.29, 1.82) is 0 Å². The number of hydrogen-bond acceptors (Lipinski definition) is 4. The number of carboxylic acids is 1. The third-order valence-electron chi connectivity index (χ3n) is 2.87. The first-order valence-corrected chi connectivity index (χ1v) is 7.71. The Morgan fingerprint density at radius 2 is 1.25 bits per heavy atom. The Labute approximate surface area is 124 Å². The second-order valence-electron chi connectivity index (χ2n) is 4.84. The fourth-order valence-electron chi connectivity index (χ4n) is 1.76. The van der Waals surface area contributed by atoms with E-state index in [0.717, 1.165) is 12.8 Å². The predicted octanol–water partition coefficient (Wildman–Crippen LogP) is 3.48. The molecule has 0 heterocycles. The molecular weight excluding hydrogens is 256 g/mol. The second kappa shape index (κ2) is 23.4. The van der Waals surface area contributed by atoms with Crippen LogP contribution in [0.25, 0.3) is 0 Å². The lowest BCUT2D eigenvalue weighted by molar-refractivity contribution is -0.137. The Hall–Kier alpha value is -0.650. The van der Waals surface area contributed by atoms with Gasteiger partial charge in [-0.15, -0.1) is 0 Å². The Morgan fingerprint density at radius 1 is 0.900 bits per heavy atom. The van der Waals surface area contributed by atoms with E-state index in [4.69, 9.17) is 15.9 Å². The van der Waals surface area contributed by atoms with Gasteiger partial charge in [0.15, 0.2) is 0 Å². The van der Waals surface area contributed by atoms with Crippen molar-refractivity contribution in [3.05, 3.63) is 0 Å². The topological polar surface area (TPSA) is 119 Å².